The summed E-state index contributed by atoms with van der Waals surface area (Å²) >= 11 is 0. The van der Waals surface area contributed by atoms with Gasteiger partial charge in [-0.1, -0.05) is 0 Å². The first-order valence-corrected chi connectivity index (χ1v) is 11.9. The molecule has 1 aromatic carbocycles. The number of anilines is 1. The van der Waals surface area contributed by atoms with Gasteiger partial charge in [0, 0.05) is 51.5 Å². The molecule has 0 radical (unpaired) electrons. The summed E-state index contributed by atoms with van der Waals surface area (Å²) in [4.78, 5) is 37.0. The number of carbonyl (C=O) groups is 3. The van der Waals surface area contributed by atoms with Gasteiger partial charge in [-0.3, -0.25) is 14.4 Å². The van der Waals surface area contributed by atoms with Gasteiger partial charge in [-0.05, 0) is 36.2 Å². The van der Waals surface area contributed by atoms with Crippen LogP contribution < -0.4 is 15.8 Å². The minimum Gasteiger partial charge on any atom is -0.484 e. The maximum absolute atomic E-state index is 12.9. The second-order valence-corrected chi connectivity index (χ2v) is 9.91. The third-order valence-electron chi connectivity index (χ3n) is 5.80. The van der Waals surface area contributed by atoms with Crippen LogP contribution in [0.1, 0.15) is 22.5 Å². The minimum atomic E-state index is -3.81. The van der Waals surface area contributed by atoms with E-state index >= 15 is 0 Å². The summed E-state index contributed by atoms with van der Waals surface area (Å²) in [5.74, 6) is -0.436. The Balaban J connectivity index is 1.32. The lowest BCUT2D eigenvalue weighted by Crippen LogP contribution is -2.51. The average Bonchev–Trinajstić information content (AvgIpc) is 3.20. The first-order valence-electron chi connectivity index (χ1n) is 10.4. The van der Waals surface area contributed by atoms with Crippen LogP contribution in [0.25, 0.3) is 0 Å². The fraction of sp³-hybridized carbons (Fsp3) is 0.381. The zero-order chi connectivity index (χ0) is 23.8. The van der Waals surface area contributed by atoms with Crippen LogP contribution in [0.3, 0.4) is 0 Å². The summed E-state index contributed by atoms with van der Waals surface area (Å²) in [7, 11) is -2.26. The molecule has 11 nitrogen and oxygen atoms in total. The monoisotopic (exact) mass is 475 g/mol. The van der Waals surface area contributed by atoms with E-state index in [2.05, 4.69) is 5.32 Å². The molecule has 12 heteroatoms. The Morgan fingerprint density at radius 2 is 1.85 bits per heavy atom. The van der Waals surface area contributed by atoms with E-state index < -0.39 is 15.9 Å². The predicted molar refractivity (Wildman–Crippen MR) is 118 cm³/mol. The Morgan fingerprint density at radius 3 is 2.52 bits per heavy atom. The number of nitrogens with zero attached hydrogens (tertiary/aromatic N) is 3. The molecule has 3 amide bonds. The lowest BCUT2D eigenvalue weighted by atomic mass is 10.0. The van der Waals surface area contributed by atoms with Crippen molar-refractivity contribution in [1.82, 2.24) is 13.8 Å². The molecule has 3 heterocycles. The van der Waals surface area contributed by atoms with Crippen LogP contribution in [0.15, 0.2) is 35.4 Å². The Hall–Kier alpha value is -3.38. The summed E-state index contributed by atoms with van der Waals surface area (Å²) in [6.07, 6.45) is 2.38. The number of primary amides is 1. The molecule has 0 unspecified atom stereocenters. The second kappa shape index (κ2) is 8.87. The zero-order valence-electron chi connectivity index (χ0n) is 18.1. The van der Waals surface area contributed by atoms with Crippen molar-refractivity contribution in [2.24, 2.45) is 12.8 Å². The van der Waals surface area contributed by atoms with Gasteiger partial charge >= 0.3 is 0 Å². The molecule has 2 aromatic rings. The van der Waals surface area contributed by atoms with Gasteiger partial charge in [0.15, 0.2) is 6.61 Å². The summed E-state index contributed by atoms with van der Waals surface area (Å²) in [5.41, 5.74) is 7.08. The first kappa shape index (κ1) is 22.8. The van der Waals surface area contributed by atoms with Gasteiger partial charge in [-0.25, -0.2) is 8.42 Å². The van der Waals surface area contributed by atoms with E-state index in [0.717, 1.165) is 11.3 Å². The zero-order valence-corrected chi connectivity index (χ0v) is 18.9. The Bertz CT molecular complexity index is 1210. The Labute approximate surface area is 191 Å². The summed E-state index contributed by atoms with van der Waals surface area (Å²) in [6, 6.07) is 6.52. The highest BCUT2D eigenvalue weighted by Crippen LogP contribution is 2.27. The number of sulfonamides is 1. The molecule has 0 atom stereocenters. The Morgan fingerprint density at radius 1 is 1.12 bits per heavy atom. The van der Waals surface area contributed by atoms with Crippen LogP contribution >= 0.6 is 0 Å². The van der Waals surface area contributed by atoms with Crippen molar-refractivity contribution in [1.29, 1.82) is 0 Å². The van der Waals surface area contributed by atoms with E-state index in [1.165, 1.54) is 21.1 Å². The van der Waals surface area contributed by atoms with E-state index in [1.807, 2.05) is 6.07 Å². The molecule has 2 aliphatic heterocycles. The van der Waals surface area contributed by atoms with Crippen LogP contribution in [0, 0.1) is 0 Å². The molecule has 4 rings (SSSR count). The molecule has 1 fully saturated rings. The average molecular weight is 476 g/mol. The number of hydrogen-bond acceptors (Lipinski definition) is 6. The van der Waals surface area contributed by atoms with Crippen LogP contribution in [0.2, 0.25) is 0 Å². The molecule has 0 spiro atoms. The van der Waals surface area contributed by atoms with Crippen molar-refractivity contribution in [3.63, 3.8) is 0 Å². The van der Waals surface area contributed by atoms with Gasteiger partial charge in [-0.2, -0.15) is 4.31 Å². The number of ether oxygens (including phenoxy) is 1. The maximum Gasteiger partial charge on any atom is 0.265 e. The molecule has 1 aromatic heterocycles. The van der Waals surface area contributed by atoms with E-state index in [1.54, 1.807) is 24.1 Å². The van der Waals surface area contributed by atoms with E-state index in [4.69, 9.17) is 10.5 Å². The highest BCUT2D eigenvalue weighted by Gasteiger charge is 2.31. The van der Waals surface area contributed by atoms with Crippen molar-refractivity contribution >= 4 is 33.4 Å². The second-order valence-electron chi connectivity index (χ2n) is 7.98. The van der Waals surface area contributed by atoms with Crippen molar-refractivity contribution in [3.8, 4) is 5.75 Å². The number of aryl methyl sites for hydroxylation is 2. The number of benzene rings is 1. The third-order valence-corrected chi connectivity index (χ3v) is 7.66. The van der Waals surface area contributed by atoms with Gasteiger partial charge in [0.2, 0.25) is 15.9 Å². The van der Waals surface area contributed by atoms with Crippen molar-refractivity contribution in [2.45, 2.75) is 17.7 Å². The number of nitrogens with two attached hydrogens (primary N) is 1. The van der Waals surface area contributed by atoms with Gasteiger partial charge < -0.3 is 25.3 Å². The molecule has 0 saturated carbocycles. The number of piperazine rings is 1. The van der Waals surface area contributed by atoms with Crippen molar-refractivity contribution in [2.75, 3.05) is 38.1 Å². The molecule has 33 heavy (non-hydrogen) atoms. The molecular weight excluding hydrogens is 450 g/mol. The quantitative estimate of drug-likeness (QED) is 0.598. The van der Waals surface area contributed by atoms with Crippen molar-refractivity contribution in [3.05, 3.63) is 41.7 Å². The summed E-state index contributed by atoms with van der Waals surface area (Å²) in [6.45, 7) is 0.555. The summed E-state index contributed by atoms with van der Waals surface area (Å²) in [5, 5.41) is 2.79. The fourth-order valence-electron chi connectivity index (χ4n) is 3.93. The van der Waals surface area contributed by atoms with Gasteiger partial charge in [0.25, 0.3) is 11.8 Å². The SMILES string of the molecule is Cn1cc(S(=O)(=O)N2CCN(C(=O)COc3ccc4c(c3)CCC(=O)N4)CC2)cc1C(N)=O. The smallest absolute Gasteiger partial charge is 0.265 e. The number of fused-ring (bicyclic) bond motifs is 1. The fourth-order valence-corrected chi connectivity index (χ4v) is 5.43. The highest BCUT2D eigenvalue weighted by molar-refractivity contribution is 7.89. The molecule has 0 aliphatic carbocycles. The van der Waals surface area contributed by atoms with Crippen LogP contribution in [0.5, 0.6) is 5.75 Å². The molecular formula is C21H25N5O6S. The summed E-state index contributed by atoms with van der Waals surface area (Å²) < 4.78 is 34.1. The van der Waals surface area contributed by atoms with E-state index in [9.17, 15) is 22.8 Å². The number of nitrogens with one attached hydrogen (secondary N) is 1. The van der Waals surface area contributed by atoms with Crippen LogP contribution in [0.4, 0.5) is 5.69 Å². The van der Waals surface area contributed by atoms with Gasteiger partial charge in [-0.15, -0.1) is 0 Å². The van der Waals surface area contributed by atoms with E-state index in [-0.39, 0.29) is 55.2 Å². The number of amides is 3. The van der Waals surface area contributed by atoms with Crippen LogP contribution in [-0.2, 0) is 33.1 Å². The number of aromatic nitrogens is 1. The number of carbonyl (C=O) groups excluding carboxylic acids is 3. The largest absolute Gasteiger partial charge is 0.484 e. The lowest BCUT2D eigenvalue weighted by Gasteiger charge is -2.33. The normalized spacial score (nSPS) is 16.8. The van der Waals surface area contributed by atoms with Crippen LogP contribution in [-0.4, -0.2) is 72.7 Å². The third kappa shape index (κ3) is 4.71. The molecule has 3 N–H and O–H groups in total. The first-order chi connectivity index (χ1) is 15.6. The minimum absolute atomic E-state index is 0.00879. The maximum atomic E-state index is 12.9. The molecule has 0 bridgehead atoms. The molecule has 1 saturated heterocycles. The molecule has 176 valence electrons. The number of hydrogen-bond donors (Lipinski definition) is 2. The number of rotatable bonds is 6. The van der Waals surface area contributed by atoms with E-state index in [0.29, 0.717) is 18.6 Å². The van der Waals surface area contributed by atoms with Gasteiger partial charge in [0.1, 0.15) is 16.3 Å². The predicted octanol–water partition coefficient (Wildman–Crippen LogP) is -0.0794. The Kier molecular flexibility index (Phi) is 6.13. The molecule has 2 aliphatic rings. The van der Waals surface area contributed by atoms with Gasteiger partial charge in [0.05, 0.1) is 0 Å². The topological polar surface area (TPSA) is 144 Å². The lowest BCUT2D eigenvalue weighted by molar-refractivity contribution is -0.134. The standard InChI is InChI=1S/C21H25N5O6S/c1-24-12-16(11-18(24)21(22)29)33(30,31)26-8-6-25(7-9-26)20(28)13-32-15-3-4-17-14(10-15)2-5-19(27)23-17/h3-4,10-12H,2,5-9,13H2,1H3,(H2,22,29)(H,23,27). The van der Waals surface area contributed by atoms with Crippen molar-refractivity contribution < 1.29 is 27.5 Å². The highest BCUT2D eigenvalue weighted by atomic mass is 32.2.